The van der Waals surface area contributed by atoms with Gasteiger partial charge in [0, 0.05) is 12.1 Å². The number of hydrogen-bond donors (Lipinski definition) is 0. The molecular formula is C21H27NO2. The monoisotopic (exact) mass is 325 g/mol. The Morgan fingerprint density at radius 1 is 1.12 bits per heavy atom. The van der Waals surface area contributed by atoms with Crippen LogP contribution in [0, 0.1) is 17.8 Å². The van der Waals surface area contributed by atoms with E-state index >= 15 is 0 Å². The molecule has 1 heterocycles. The molecule has 0 amide bonds. The summed E-state index contributed by atoms with van der Waals surface area (Å²) in [6.45, 7) is 0.949. The fourth-order valence-corrected chi connectivity index (χ4v) is 4.11. The van der Waals surface area contributed by atoms with Crippen molar-refractivity contribution >= 4 is 5.97 Å². The van der Waals surface area contributed by atoms with Crippen molar-refractivity contribution in [2.75, 3.05) is 13.7 Å². The van der Waals surface area contributed by atoms with Crippen LogP contribution in [0.3, 0.4) is 0 Å². The molecule has 24 heavy (non-hydrogen) atoms. The fraction of sp³-hybridized carbons (Fsp3) is 0.571. The quantitative estimate of drug-likeness (QED) is 0.628. The third-order valence-corrected chi connectivity index (χ3v) is 5.36. The van der Waals surface area contributed by atoms with Gasteiger partial charge in [-0.2, -0.15) is 0 Å². The van der Waals surface area contributed by atoms with Crippen LogP contribution in [0.15, 0.2) is 30.3 Å². The Labute approximate surface area is 145 Å². The molecule has 1 saturated heterocycles. The van der Waals surface area contributed by atoms with E-state index in [1.54, 1.807) is 0 Å². The molecule has 2 fully saturated rings. The van der Waals surface area contributed by atoms with Gasteiger partial charge in [0.1, 0.15) is 6.04 Å². The van der Waals surface area contributed by atoms with Crippen molar-refractivity contribution in [3.8, 4) is 11.8 Å². The molecule has 1 aliphatic carbocycles. The zero-order chi connectivity index (χ0) is 16.8. The Hall–Kier alpha value is -1.79. The highest BCUT2D eigenvalue weighted by Gasteiger charge is 2.38. The topological polar surface area (TPSA) is 29.5 Å². The maximum atomic E-state index is 12.2. The van der Waals surface area contributed by atoms with Crippen LogP contribution in [0.2, 0.25) is 0 Å². The lowest BCUT2D eigenvalue weighted by Gasteiger charge is -2.35. The van der Waals surface area contributed by atoms with E-state index in [9.17, 15) is 4.79 Å². The van der Waals surface area contributed by atoms with Crippen LogP contribution in [-0.2, 0) is 9.53 Å². The lowest BCUT2D eigenvalue weighted by molar-refractivity contribution is -0.146. The van der Waals surface area contributed by atoms with Gasteiger partial charge in [0.2, 0.25) is 0 Å². The highest BCUT2D eigenvalue weighted by atomic mass is 16.5. The van der Waals surface area contributed by atoms with Gasteiger partial charge in [-0.05, 0) is 43.7 Å². The fourth-order valence-electron chi connectivity index (χ4n) is 4.11. The average molecular weight is 325 g/mol. The summed E-state index contributed by atoms with van der Waals surface area (Å²) >= 11 is 0. The van der Waals surface area contributed by atoms with E-state index < -0.39 is 0 Å². The van der Waals surface area contributed by atoms with Gasteiger partial charge in [0.05, 0.1) is 13.2 Å². The number of methoxy groups -OCH3 is 1. The minimum absolute atomic E-state index is 0.102. The first kappa shape index (κ1) is 17.0. The molecule has 0 bridgehead atoms. The van der Waals surface area contributed by atoms with E-state index in [2.05, 4.69) is 16.7 Å². The van der Waals surface area contributed by atoms with Gasteiger partial charge in [0.25, 0.3) is 0 Å². The van der Waals surface area contributed by atoms with Crippen molar-refractivity contribution in [3.63, 3.8) is 0 Å². The third-order valence-electron chi connectivity index (χ3n) is 5.36. The van der Waals surface area contributed by atoms with Crippen molar-refractivity contribution in [1.82, 2.24) is 4.90 Å². The largest absolute Gasteiger partial charge is 0.468 e. The van der Waals surface area contributed by atoms with E-state index in [0.717, 1.165) is 24.9 Å². The van der Waals surface area contributed by atoms with Crippen LogP contribution >= 0.6 is 0 Å². The number of rotatable bonds is 3. The van der Waals surface area contributed by atoms with Crippen molar-refractivity contribution in [2.24, 2.45) is 5.92 Å². The average Bonchev–Trinajstić information content (AvgIpc) is 3.12. The summed E-state index contributed by atoms with van der Waals surface area (Å²) in [5, 5.41) is 0. The number of carbonyl (C=O) groups is 1. The van der Waals surface area contributed by atoms with Crippen LogP contribution < -0.4 is 0 Å². The minimum Gasteiger partial charge on any atom is -0.468 e. The molecule has 128 valence electrons. The summed E-state index contributed by atoms with van der Waals surface area (Å²) in [6.07, 6.45) is 8.28. The van der Waals surface area contributed by atoms with E-state index in [1.165, 1.54) is 39.2 Å². The Bertz CT molecular complexity index is 595. The van der Waals surface area contributed by atoms with Crippen LogP contribution in [0.4, 0.5) is 0 Å². The van der Waals surface area contributed by atoms with Crippen LogP contribution in [0.1, 0.15) is 50.5 Å². The van der Waals surface area contributed by atoms with Crippen molar-refractivity contribution in [1.29, 1.82) is 0 Å². The Balaban J connectivity index is 1.84. The number of nitrogens with zero attached hydrogens (tertiary/aromatic N) is 1. The first-order chi connectivity index (χ1) is 11.8. The predicted octanol–water partition coefficient (Wildman–Crippen LogP) is 3.62. The molecule has 3 rings (SSSR count). The zero-order valence-corrected chi connectivity index (χ0v) is 14.5. The molecule has 0 spiro atoms. The van der Waals surface area contributed by atoms with E-state index in [4.69, 9.17) is 4.74 Å². The van der Waals surface area contributed by atoms with Gasteiger partial charge < -0.3 is 4.74 Å². The van der Waals surface area contributed by atoms with Gasteiger partial charge in [-0.1, -0.05) is 49.3 Å². The van der Waals surface area contributed by atoms with Gasteiger partial charge in [-0.15, -0.1) is 0 Å². The SMILES string of the molecule is COC(=O)[C@@H]1CCCN1C(C#Cc1ccccc1)C1CCCCC1. The lowest BCUT2D eigenvalue weighted by Crippen LogP contribution is -2.47. The van der Waals surface area contributed by atoms with Gasteiger partial charge in [-0.25, -0.2) is 0 Å². The molecule has 1 unspecified atom stereocenters. The molecule has 1 aromatic rings. The molecular weight excluding hydrogens is 298 g/mol. The summed E-state index contributed by atoms with van der Waals surface area (Å²) < 4.78 is 5.04. The van der Waals surface area contributed by atoms with Gasteiger partial charge in [0.15, 0.2) is 0 Å². The Kier molecular flexibility index (Phi) is 5.93. The molecule has 1 aromatic carbocycles. The number of carbonyl (C=O) groups excluding carboxylic acids is 1. The summed E-state index contributed by atoms with van der Waals surface area (Å²) in [6, 6.07) is 10.2. The highest BCUT2D eigenvalue weighted by Crippen LogP contribution is 2.32. The van der Waals surface area contributed by atoms with Crippen molar-refractivity contribution in [3.05, 3.63) is 35.9 Å². The molecule has 3 heteroatoms. The molecule has 0 aromatic heterocycles. The van der Waals surface area contributed by atoms with Gasteiger partial charge >= 0.3 is 5.97 Å². The second-order valence-corrected chi connectivity index (χ2v) is 6.90. The van der Waals surface area contributed by atoms with Crippen LogP contribution in [0.25, 0.3) is 0 Å². The van der Waals surface area contributed by atoms with Crippen LogP contribution in [0.5, 0.6) is 0 Å². The second kappa shape index (κ2) is 8.35. The first-order valence-corrected chi connectivity index (χ1v) is 9.20. The van der Waals surface area contributed by atoms with Gasteiger partial charge in [-0.3, -0.25) is 9.69 Å². The molecule has 0 radical (unpaired) electrons. The van der Waals surface area contributed by atoms with Crippen molar-refractivity contribution < 1.29 is 9.53 Å². The predicted molar refractivity (Wildman–Crippen MR) is 95.4 cm³/mol. The summed E-state index contributed by atoms with van der Waals surface area (Å²) in [7, 11) is 1.49. The standard InChI is InChI=1S/C21H27NO2/c1-24-21(23)20-13-8-16-22(20)19(18-11-6-3-7-12-18)15-14-17-9-4-2-5-10-17/h2,4-5,9-10,18-20H,3,6-8,11-13,16H2,1H3/t19?,20-/m0/s1. The van der Waals surface area contributed by atoms with E-state index in [1.807, 2.05) is 30.3 Å². The molecule has 1 saturated carbocycles. The molecule has 2 aliphatic rings. The second-order valence-electron chi connectivity index (χ2n) is 6.90. The lowest BCUT2D eigenvalue weighted by atomic mass is 9.83. The van der Waals surface area contributed by atoms with Crippen molar-refractivity contribution in [2.45, 2.75) is 57.0 Å². The maximum Gasteiger partial charge on any atom is 0.323 e. The van der Waals surface area contributed by atoms with Crippen LogP contribution in [-0.4, -0.2) is 36.6 Å². The smallest absolute Gasteiger partial charge is 0.323 e. The number of benzene rings is 1. The van der Waals surface area contributed by atoms with E-state index in [0.29, 0.717) is 5.92 Å². The summed E-state index contributed by atoms with van der Waals surface area (Å²) in [4.78, 5) is 14.5. The third kappa shape index (κ3) is 3.99. The highest BCUT2D eigenvalue weighted by molar-refractivity contribution is 5.76. The first-order valence-electron chi connectivity index (χ1n) is 9.20. The number of esters is 1. The van der Waals surface area contributed by atoms with E-state index in [-0.39, 0.29) is 18.1 Å². The number of likely N-dealkylation sites (tertiary alicyclic amines) is 1. The molecule has 3 nitrogen and oxygen atoms in total. The Morgan fingerprint density at radius 2 is 1.88 bits per heavy atom. The molecule has 1 aliphatic heterocycles. The summed E-state index contributed by atoms with van der Waals surface area (Å²) in [5.41, 5.74) is 1.05. The maximum absolute atomic E-state index is 12.2. The molecule has 0 N–H and O–H groups in total. The zero-order valence-electron chi connectivity index (χ0n) is 14.5. The number of ether oxygens (including phenoxy) is 1. The minimum atomic E-state index is -0.119. The normalized spacial score (nSPS) is 23.3. The summed E-state index contributed by atoms with van der Waals surface area (Å²) in [5.74, 6) is 7.35. The molecule has 2 atom stereocenters. The number of hydrogen-bond acceptors (Lipinski definition) is 3. The Morgan fingerprint density at radius 3 is 2.58 bits per heavy atom.